The molecule has 1 amide bonds. The van der Waals surface area contributed by atoms with Gasteiger partial charge in [-0.2, -0.15) is 0 Å². The lowest BCUT2D eigenvalue weighted by Gasteiger charge is -2.17. The molecule has 1 aliphatic carbocycles. The summed E-state index contributed by atoms with van der Waals surface area (Å²) in [7, 11) is 0. The molecule has 156 valence electrons. The predicted octanol–water partition coefficient (Wildman–Crippen LogP) is 3.27. The van der Waals surface area contributed by atoms with E-state index in [2.05, 4.69) is 16.4 Å². The maximum Gasteiger partial charge on any atom is 0.262 e. The van der Waals surface area contributed by atoms with Crippen molar-refractivity contribution in [3.8, 4) is 0 Å². The number of aromatic nitrogens is 2. The Morgan fingerprint density at radius 1 is 1.34 bits per heavy atom. The molecule has 2 aromatic rings. The molecule has 29 heavy (non-hydrogen) atoms. The quantitative estimate of drug-likeness (QED) is 0.373. The number of rotatable bonds is 9. The van der Waals surface area contributed by atoms with Gasteiger partial charge in [-0.1, -0.05) is 35.5 Å². The highest BCUT2D eigenvalue weighted by Gasteiger charge is 2.19. The molecule has 0 unspecified atom stereocenters. The van der Waals surface area contributed by atoms with E-state index in [4.69, 9.17) is 0 Å². The van der Waals surface area contributed by atoms with E-state index in [0.717, 1.165) is 19.3 Å². The van der Waals surface area contributed by atoms with Crippen LogP contribution in [-0.2, 0) is 11.3 Å². The second-order valence-electron chi connectivity index (χ2n) is 7.35. The predicted molar refractivity (Wildman–Crippen MR) is 117 cm³/mol. The number of para-hydroxylation sites is 1. The molecule has 6 nitrogen and oxygen atoms in total. The second-order valence-corrected chi connectivity index (χ2v) is 8.66. The summed E-state index contributed by atoms with van der Waals surface area (Å²) in [5.74, 6) is -0.0532. The smallest absolute Gasteiger partial charge is 0.262 e. The molecule has 0 bridgehead atoms. The molecular formula is C22H29N3O3S. The van der Waals surface area contributed by atoms with Crippen LogP contribution in [0.15, 0.2) is 45.9 Å². The number of nitrogens with zero attached hydrogens (tertiary/aromatic N) is 2. The molecule has 0 fully saturated rings. The van der Waals surface area contributed by atoms with E-state index in [0.29, 0.717) is 35.6 Å². The third kappa shape index (κ3) is 5.70. The maximum absolute atomic E-state index is 12.9. The first-order chi connectivity index (χ1) is 14.1. The van der Waals surface area contributed by atoms with Crippen LogP contribution in [0.4, 0.5) is 0 Å². The average Bonchev–Trinajstić information content (AvgIpc) is 2.74. The number of amides is 1. The van der Waals surface area contributed by atoms with E-state index in [9.17, 15) is 14.7 Å². The normalized spacial score (nSPS) is 15.2. The molecule has 1 heterocycles. The summed E-state index contributed by atoms with van der Waals surface area (Å²) in [6, 6.07) is 7.22. The third-order valence-electron chi connectivity index (χ3n) is 5.15. The molecule has 0 aliphatic heterocycles. The maximum atomic E-state index is 12.9. The van der Waals surface area contributed by atoms with E-state index >= 15 is 0 Å². The van der Waals surface area contributed by atoms with Gasteiger partial charge in [-0.25, -0.2) is 4.98 Å². The van der Waals surface area contributed by atoms with Gasteiger partial charge in [-0.15, -0.1) is 0 Å². The summed E-state index contributed by atoms with van der Waals surface area (Å²) in [6.45, 7) is 2.84. The second kappa shape index (κ2) is 10.6. The van der Waals surface area contributed by atoms with Gasteiger partial charge < -0.3 is 10.4 Å². The molecule has 1 aromatic carbocycles. The first kappa shape index (κ1) is 21.6. The minimum absolute atomic E-state index is 0.00470. The summed E-state index contributed by atoms with van der Waals surface area (Å²) >= 11 is 1.29. The standard InChI is InChI=1S/C22H29N3O3S/c1-16(20(27)23-13-12-17-8-3-2-4-9-17)29-22-24-19-11-6-5-10-18(19)21(28)25(22)14-7-15-26/h5-6,8,10-11,16,26H,2-4,7,9,12-15H2,1H3,(H,23,27)/t16-/m1/s1. The van der Waals surface area contributed by atoms with Crippen molar-refractivity contribution < 1.29 is 9.90 Å². The molecule has 1 aliphatic rings. The Morgan fingerprint density at radius 3 is 2.93 bits per heavy atom. The van der Waals surface area contributed by atoms with Crippen LogP contribution in [0.2, 0.25) is 0 Å². The Bertz CT molecular complexity index is 939. The zero-order chi connectivity index (χ0) is 20.6. The number of fused-ring (bicyclic) bond motifs is 1. The largest absolute Gasteiger partial charge is 0.396 e. The van der Waals surface area contributed by atoms with Crippen LogP contribution in [0.3, 0.4) is 0 Å². The number of hydrogen-bond acceptors (Lipinski definition) is 5. The van der Waals surface area contributed by atoms with Crippen molar-refractivity contribution in [3.63, 3.8) is 0 Å². The molecule has 0 saturated carbocycles. The Morgan fingerprint density at radius 2 is 2.17 bits per heavy atom. The lowest BCUT2D eigenvalue weighted by molar-refractivity contribution is -0.120. The van der Waals surface area contributed by atoms with Crippen molar-refractivity contribution in [2.45, 2.75) is 62.4 Å². The molecule has 7 heteroatoms. The highest BCUT2D eigenvalue weighted by molar-refractivity contribution is 8.00. The van der Waals surface area contributed by atoms with Gasteiger partial charge in [0, 0.05) is 19.7 Å². The number of nitrogens with one attached hydrogen (secondary N) is 1. The number of aliphatic hydroxyl groups is 1. The van der Waals surface area contributed by atoms with Crippen molar-refractivity contribution in [2.75, 3.05) is 13.2 Å². The van der Waals surface area contributed by atoms with Crippen molar-refractivity contribution in [1.82, 2.24) is 14.9 Å². The lowest BCUT2D eigenvalue weighted by Crippen LogP contribution is -2.33. The highest BCUT2D eigenvalue weighted by Crippen LogP contribution is 2.23. The molecule has 3 rings (SSSR count). The van der Waals surface area contributed by atoms with Crippen LogP contribution >= 0.6 is 11.8 Å². The number of carbonyl (C=O) groups is 1. The van der Waals surface area contributed by atoms with Crippen LogP contribution in [0.5, 0.6) is 0 Å². The Kier molecular flexibility index (Phi) is 7.89. The summed E-state index contributed by atoms with van der Waals surface area (Å²) in [4.78, 5) is 30.1. The van der Waals surface area contributed by atoms with E-state index in [1.807, 2.05) is 19.1 Å². The molecule has 0 spiro atoms. The topological polar surface area (TPSA) is 84.2 Å². The van der Waals surface area contributed by atoms with E-state index in [1.165, 1.54) is 30.2 Å². The number of aliphatic hydroxyl groups excluding tert-OH is 1. The molecule has 2 N–H and O–H groups in total. The summed E-state index contributed by atoms with van der Waals surface area (Å²) in [6.07, 6.45) is 8.45. The first-order valence-electron chi connectivity index (χ1n) is 10.3. The number of hydrogen-bond donors (Lipinski definition) is 2. The Labute approximate surface area is 175 Å². The highest BCUT2D eigenvalue weighted by atomic mass is 32.2. The van der Waals surface area contributed by atoms with Gasteiger partial charge in [0.15, 0.2) is 5.16 Å². The van der Waals surface area contributed by atoms with Gasteiger partial charge in [0.25, 0.3) is 5.56 Å². The summed E-state index contributed by atoms with van der Waals surface area (Å²) in [5, 5.41) is 12.9. The summed E-state index contributed by atoms with van der Waals surface area (Å²) < 4.78 is 1.57. The number of benzene rings is 1. The first-order valence-corrected chi connectivity index (χ1v) is 11.2. The monoisotopic (exact) mass is 415 g/mol. The van der Waals surface area contributed by atoms with Crippen molar-refractivity contribution in [3.05, 3.63) is 46.3 Å². The van der Waals surface area contributed by atoms with Gasteiger partial charge in [-0.05, 0) is 57.6 Å². The number of thioether (sulfide) groups is 1. The van der Waals surface area contributed by atoms with Gasteiger partial charge in [-0.3, -0.25) is 14.2 Å². The van der Waals surface area contributed by atoms with Gasteiger partial charge in [0.2, 0.25) is 5.91 Å². The van der Waals surface area contributed by atoms with Crippen LogP contribution < -0.4 is 10.9 Å². The molecular weight excluding hydrogens is 386 g/mol. The third-order valence-corrected chi connectivity index (χ3v) is 6.24. The van der Waals surface area contributed by atoms with Gasteiger partial charge in [0.05, 0.1) is 16.2 Å². The van der Waals surface area contributed by atoms with E-state index in [-0.39, 0.29) is 23.3 Å². The molecule has 1 aromatic heterocycles. The van der Waals surface area contributed by atoms with E-state index in [1.54, 1.807) is 16.7 Å². The van der Waals surface area contributed by atoms with Crippen molar-refractivity contribution >= 4 is 28.6 Å². The number of carbonyl (C=O) groups excluding carboxylic acids is 1. The van der Waals surface area contributed by atoms with Crippen LogP contribution in [0, 0.1) is 0 Å². The van der Waals surface area contributed by atoms with E-state index < -0.39 is 0 Å². The van der Waals surface area contributed by atoms with Crippen LogP contribution in [0.25, 0.3) is 10.9 Å². The fourth-order valence-corrected chi connectivity index (χ4v) is 4.46. The fraction of sp³-hybridized carbons (Fsp3) is 0.500. The lowest BCUT2D eigenvalue weighted by atomic mass is 9.97. The average molecular weight is 416 g/mol. The van der Waals surface area contributed by atoms with Gasteiger partial charge >= 0.3 is 0 Å². The Hall–Kier alpha value is -2.12. The van der Waals surface area contributed by atoms with Crippen LogP contribution in [-0.4, -0.2) is 39.0 Å². The minimum Gasteiger partial charge on any atom is -0.396 e. The zero-order valence-corrected chi connectivity index (χ0v) is 17.7. The SMILES string of the molecule is C[C@@H](Sc1nc2ccccc2c(=O)n1CCCO)C(=O)NCCC1=CCCCC1. The molecule has 0 radical (unpaired) electrons. The number of allylic oxidation sites excluding steroid dienone is 1. The fourth-order valence-electron chi connectivity index (χ4n) is 3.50. The summed E-state index contributed by atoms with van der Waals surface area (Å²) in [5.41, 5.74) is 1.92. The van der Waals surface area contributed by atoms with Gasteiger partial charge in [0.1, 0.15) is 0 Å². The Balaban J connectivity index is 1.69. The van der Waals surface area contributed by atoms with Crippen LogP contribution in [0.1, 0.15) is 45.4 Å². The zero-order valence-electron chi connectivity index (χ0n) is 16.9. The van der Waals surface area contributed by atoms with Crippen molar-refractivity contribution in [1.29, 1.82) is 0 Å². The van der Waals surface area contributed by atoms with Crippen molar-refractivity contribution in [2.24, 2.45) is 0 Å². The molecule has 1 atom stereocenters. The minimum atomic E-state index is -0.372. The molecule has 0 saturated heterocycles.